The normalized spacial score (nSPS) is 11.9. The van der Waals surface area contributed by atoms with Crippen LogP contribution in [0.1, 0.15) is 0 Å². The van der Waals surface area contributed by atoms with Crippen LogP contribution in [0.4, 0.5) is 0 Å². The molecule has 0 aliphatic carbocycles. The summed E-state index contributed by atoms with van der Waals surface area (Å²) in [7, 11) is 0. The lowest BCUT2D eigenvalue weighted by Crippen LogP contribution is -2.48. The monoisotopic (exact) mass is 520 g/mol. The first-order valence-electron chi connectivity index (χ1n) is 14.2. The van der Waals surface area contributed by atoms with Gasteiger partial charge in [-0.05, 0) is 29.7 Å². The molecular weight excluding hydrogens is 495 g/mol. The Bertz CT molecular complexity index is 2380. The lowest BCUT2D eigenvalue weighted by atomic mass is 9.50. The van der Waals surface area contributed by atoms with Crippen molar-refractivity contribution in [2.45, 2.75) is 0 Å². The van der Waals surface area contributed by atoms with Crippen molar-refractivity contribution in [1.29, 1.82) is 0 Å². The highest BCUT2D eigenvalue weighted by molar-refractivity contribution is 6.85. The zero-order chi connectivity index (χ0) is 26.9. The lowest BCUT2D eigenvalue weighted by molar-refractivity contribution is 1.34. The summed E-state index contributed by atoms with van der Waals surface area (Å²) >= 11 is 0. The van der Waals surface area contributed by atoms with Crippen LogP contribution in [0.2, 0.25) is 0 Å². The number of rotatable bonds is 3. The van der Waals surface area contributed by atoms with Crippen LogP contribution in [-0.4, -0.2) is 15.7 Å². The fourth-order valence-corrected chi connectivity index (χ4v) is 7.10. The third-order valence-corrected chi connectivity index (χ3v) is 8.78. The van der Waals surface area contributed by atoms with Crippen LogP contribution in [0.15, 0.2) is 152 Å². The van der Waals surface area contributed by atoms with Gasteiger partial charge in [0.2, 0.25) is 0 Å². The highest BCUT2D eigenvalue weighted by Gasteiger charge is 2.28. The van der Waals surface area contributed by atoms with E-state index in [4.69, 9.17) is 0 Å². The van der Waals surface area contributed by atoms with Crippen molar-refractivity contribution in [2.75, 3.05) is 0 Å². The minimum absolute atomic E-state index is 0.0295. The van der Waals surface area contributed by atoms with E-state index in [0.717, 1.165) is 0 Å². The van der Waals surface area contributed by atoms with Gasteiger partial charge in [0.25, 0.3) is 0 Å². The summed E-state index contributed by atoms with van der Waals surface area (Å²) in [4.78, 5) is 0. The van der Waals surface area contributed by atoms with E-state index in [2.05, 4.69) is 161 Å². The fourth-order valence-electron chi connectivity index (χ4n) is 7.10. The van der Waals surface area contributed by atoms with Crippen molar-refractivity contribution in [3.05, 3.63) is 152 Å². The average Bonchev–Trinajstić information content (AvgIpc) is 3.60. The number of nitrogens with zero attached hydrogens (tertiary/aromatic N) is 2. The lowest BCUT2D eigenvalue weighted by Gasteiger charge is -2.19. The minimum atomic E-state index is 0.0295. The summed E-state index contributed by atoms with van der Waals surface area (Å²) in [5, 5.41) is 7.69. The first kappa shape index (κ1) is 22.5. The van der Waals surface area contributed by atoms with Crippen molar-refractivity contribution >= 4 is 77.7 Å². The highest BCUT2D eigenvalue weighted by Crippen LogP contribution is 2.39. The van der Waals surface area contributed by atoms with Gasteiger partial charge in [0.1, 0.15) is 0 Å². The number of hydrogen-bond acceptors (Lipinski definition) is 0. The Hall–Kier alpha value is -5.28. The van der Waals surface area contributed by atoms with Gasteiger partial charge >= 0.3 is 6.85 Å². The number of para-hydroxylation sites is 2. The van der Waals surface area contributed by atoms with Crippen LogP contribution in [0.25, 0.3) is 59.9 Å². The van der Waals surface area contributed by atoms with E-state index < -0.39 is 0 Å². The molecule has 190 valence electrons. The molecule has 0 fully saturated rings. The zero-order valence-electron chi connectivity index (χ0n) is 22.4. The largest absolute Gasteiger partial charge is 0.375 e. The number of hydrogen-bond donors (Lipinski definition) is 0. The molecule has 0 radical (unpaired) electrons. The molecule has 0 N–H and O–H groups in total. The minimum Gasteiger partial charge on any atom is -0.375 e. The molecule has 0 unspecified atom stereocenters. The smallest absolute Gasteiger partial charge is 0.328 e. The third-order valence-electron chi connectivity index (χ3n) is 8.78. The van der Waals surface area contributed by atoms with Crippen LogP contribution in [0, 0.1) is 0 Å². The summed E-state index contributed by atoms with van der Waals surface area (Å²) in [6, 6.07) is 55.4. The highest BCUT2D eigenvalue weighted by atomic mass is 14.9. The van der Waals surface area contributed by atoms with Gasteiger partial charge in [-0.25, -0.2) is 0 Å². The number of benzene rings is 6. The van der Waals surface area contributed by atoms with Gasteiger partial charge in [0.05, 0.1) is 16.6 Å². The molecule has 41 heavy (non-hydrogen) atoms. The van der Waals surface area contributed by atoms with Crippen molar-refractivity contribution in [2.24, 2.45) is 0 Å². The molecule has 0 bridgehead atoms. The second-order valence-corrected chi connectivity index (χ2v) is 10.9. The third kappa shape index (κ3) is 3.15. The van der Waals surface area contributed by atoms with E-state index in [-0.39, 0.29) is 6.85 Å². The summed E-state index contributed by atoms with van der Waals surface area (Å²) < 4.78 is 5.05. The second-order valence-electron chi connectivity index (χ2n) is 10.9. The molecule has 3 heterocycles. The van der Waals surface area contributed by atoms with E-state index in [1.54, 1.807) is 0 Å². The molecule has 0 atom stereocenters. The van der Waals surface area contributed by atoms with Crippen LogP contribution in [-0.2, 0) is 0 Å². The Morgan fingerprint density at radius 1 is 0.341 bits per heavy atom. The topological polar surface area (TPSA) is 9.34 Å². The van der Waals surface area contributed by atoms with Crippen molar-refractivity contribution in [3.63, 3.8) is 0 Å². The number of aromatic nitrogens is 2. The Balaban J connectivity index is 1.52. The maximum absolute atomic E-state index is 2.58. The molecule has 0 spiro atoms. The first-order chi connectivity index (χ1) is 20.4. The molecule has 6 aromatic carbocycles. The number of pyridine rings is 1. The standard InChI is InChI=1S/C38H25BN2/c1-3-13-26(14-4-1)39(27-15-5-2-6-16-27)41-36-22-12-10-20-31(36)32-23-24-35-33(38(32)41)25-37-30-19-8-7-17-28(30)29-18-9-11-21-34(29)40(35)37/h1-25H. The SMILES string of the molecule is c1ccc(B(c2ccccc2)n2c3ccccc3c3ccc4c(cc5c6ccccc6c6ccccc6n54)c32)cc1. The summed E-state index contributed by atoms with van der Waals surface area (Å²) in [5.74, 6) is 0. The molecule has 0 saturated carbocycles. The van der Waals surface area contributed by atoms with Crippen molar-refractivity contribution < 1.29 is 0 Å². The predicted molar refractivity (Wildman–Crippen MR) is 176 cm³/mol. The predicted octanol–water partition coefficient (Wildman–Crippen LogP) is 8.16. The van der Waals surface area contributed by atoms with E-state index in [1.165, 1.54) is 70.8 Å². The van der Waals surface area contributed by atoms with Crippen LogP contribution < -0.4 is 10.9 Å². The van der Waals surface area contributed by atoms with Crippen molar-refractivity contribution in [3.8, 4) is 0 Å². The van der Waals surface area contributed by atoms with E-state index in [0.29, 0.717) is 0 Å². The number of fused-ring (bicyclic) bond motifs is 12. The summed E-state index contributed by atoms with van der Waals surface area (Å²) in [6.45, 7) is 0.0295. The van der Waals surface area contributed by atoms with Gasteiger partial charge < -0.3 is 8.88 Å². The Kier molecular flexibility index (Phi) is 4.73. The molecule has 9 aromatic rings. The van der Waals surface area contributed by atoms with E-state index in [9.17, 15) is 0 Å². The molecular formula is C38H25BN2. The first-order valence-corrected chi connectivity index (χ1v) is 14.2. The maximum atomic E-state index is 2.58. The van der Waals surface area contributed by atoms with E-state index >= 15 is 0 Å². The Morgan fingerprint density at radius 2 is 0.829 bits per heavy atom. The van der Waals surface area contributed by atoms with Crippen molar-refractivity contribution in [1.82, 2.24) is 8.88 Å². The van der Waals surface area contributed by atoms with Crippen LogP contribution in [0.3, 0.4) is 0 Å². The Labute approximate surface area is 237 Å². The maximum Gasteiger partial charge on any atom is 0.328 e. The van der Waals surface area contributed by atoms with Gasteiger partial charge in [-0.2, -0.15) is 0 Å². The molecule has 0 aliphatic rings. The molecule has 3 aromatic heterocycles. The van der Waals surface area contributed by atoms with Gasteiger partial charge in [-0.15, -0.1) is 0 Å². The van der Waals surface area contributed by atoms with Gasteiger partial charge in [-0.3, -0.25) is 0 Å². The molecule has 2 nitrogen and oxygen atoms in total. The summed E-state index contributed by atoms with van der Waals surface area (Å²) in [6.07, 6.45) is 0. The van der Waals surface area contributed by atoms with Gasteiger partial charge in [0, 0.05) is 38.0 Å². The molecule has 9 rings (SSSR count). The molecule has 3 heteroatoms. The Morgan fingerprint density at radius 3 is 1.49 bits per heavy atom. The average molecular weight is 520 g/mol. The summed E-state index contributed by atoms with van der Waals surface area (Å²) in [5.41, 5.74) is 8.79. The molecule has 0 amide bonds. The van der Waals surface area contributed by atoms with Gasteiger partial charge in [0.15, 0.2) is 0 Å². The molecule has 0 saturated heterocycles. The van der Waals surface area contributed by atoms with Gasteiger partial charge in [-0.1, -0.05) is 138 Å². The molecule has 0 aliphatic heterocycles. The van der Waals surface area contributed by atoms with Crippen LogP contribution in [0.5, 0.6) is 0 Å². The second kappa shape index (κ2) is 8.61. The van der Waals surface area contributed by atoms with Crippen LogP contribution >= 0.6 is 0 Å². The zero-order valence-corrected chi connectivity index (χ0v) is 22.4. The quantitative estimate of drug-likeness (QED) is 0.164. The fraction of sp³-hybridized carbons (Fsp3) is 0. The van der Waals surface area contributed by atoms with E-state index in [1.807, 2.05) is 0 Å².